The number of hydrogen-bond acceptors (Lipinski definition) is 3. The Kier molecular flexibility index (Phi) is 6.94. The molecule has 0 aliphatic rings. The molecule has 2 N–H and O–H groups in total. The Balaban J connectivity index is 2.36. The van der Waals surface area contributed by atoms with E-state index in [0.717, 1.165) is 13.1 Å². The molecule has 0 spiro atoms. The lowest BCUT2D eigenvalue weighted by Crippen LogP contribution is -2.40. The second-order valence-corrected chi connectivity index (χ2v) is 5.01. The maximum absolute atomic E-state index is 5.53. The Bertz CT molecular complexity index is 314. The zero-order chi connectivity index (χ0) is 13.4. The summed E-state index contributed by atoms with van der Waals surface area (Å²) in [6, 6.07) is 11.3. The summed E-state index contributed by atoms with van der Waals surface area (Å²) in [5.41, 5.74) is 1.22. The third kappa shape index (κ3) is 5.63. The van der Waals surface area contributed by atoms with E-state index in [-0.39, 0.29) is 6.10 Å². The van der Waals surface area contributed by atoms with Crippen molar-refractivity contribution in [2.24, 2.45) is 0 Å². The highest BCUT2D eigenvalue weighted by Crippen LogP contribution is 2.14. The number of ether oxygens (including phenoxy) is 1. The fourth-order valence-corrected chi connectivity index (χ4v) is 1.80. The average Bonchev–Trinajstić information content (AvgIpc) is 2.38. The molecule has 1 rings (SSSR count). The monoisotopic (exact) mass is 250 g/mol. The maximum Gasteiger partial charge on any atom is 0.0945 e. The van der Waals surface area contributed by atoms with E-state index in [2.05, 4.69) is 43.5 Å². The molecule has 0 aliphatic heterocycles. The molecule has 2 atom stereocenters. The van der Waals surface area contributed by atoms with Crippen molar-refractivity contribution >= 4 is 0 Å². The Labute approximate surface area is 111 Å². The molecule has 0 saturated carbocycles. The van der Waals surface area contributed by atoms with Gasteiger partial charge in [0, 0.05) is 32.3 Å². The zero-order valence-electron chi connectivity index (χ0n) is 11.9. The number of benzene rings is 1. The largest absolute Gasteiger partial charge is 0.375 e. The quantitative estimate of drug-likeness (QED) is 0.743. The second kappa shape index (κ2) is 8.25. The summed E-state index contributed by atoms with van der Waals surface area (Å²) in [6.07, 6.45) is 0.118. The summed E-state index contributed by atoms with van der Waals surface area (Å²) in [5, 5.41) is 6.92. The van der Waals surface area contributed by atoms with Gasteiger partial charge in [0.15, 0.2) is 0 Å². The van der Waals surface area contributed by atoms with Crippen LogP contribution in [0.2, 0.25) is 0 Å². The van der Waals surface area contributed by atoms with Crippen molar-refractivity contribution in [2.45, 2.75) is 39.0 Å². The van der Waals surface area contributed by atoms with Gasteiger partial charge in [-0.05, 0) is 12.5 Å². The van der Waals surface area contributed by atoms with E-state index in [1.165, 1.54) is 5.56 Å². The maximum atomic E-state index is 5.53. The molecule has 0 aromatic heterocycles. The van der Waals surface area contributed by atoms with Gasteiger partial charge in [-0.15, -0.1) is 0 Å². The molecule has 0 heterocycles. The molecule has 3 heteroatoms. The van der Waals surface area contributed by atoms with Crippen LogP contribution in [0.3, 0.4) is 0 Å². The van der Waals surface area contributed by atoms with Gasteiger partial charge in [0.25, 0.3) is 0 Å². The van der Waals surface area contributed by atoms with E-state index in [1.54, 1.807) is 7.11 Å². The third-order valence-corrected chi connectivity index (χ3v) is 2.94. The molecule has 0 saturated heterocycles. The summed E-state index contributed by atoms with van der Waals surface area (Å²) in [4.78, 5) is 0. The number of rotatable bonds is 8. The second-order valence-electron chi connectivity index (χ2n) is 5.01. The molecule has 18 heavy (non-hydrogen) atoms. The number of nitrogens with one attached hydrogen (secondary N) is 2. The minimum Gasteiger partial charge on any atom is -0.375 e. The summed E-state index contributed by atoms with van der Waals surface area (Å²) >= 11 is 0. The predicted octanol–water partition coefficient (Wildman–Crippen LogP) is 2.35. The van der Waals surface area contributed by atoms with Crippen LogP contribution < -0.4 is 10.6 Å². The Hall–Kier alpha value is -0.900. The smallest absolute Gasteiger partial charge is 0.0945 e. The molecule has 0 aliphatic carbocycles. The normalized spacial score (nSPS) is 14.7. The first-order valence-electron chi connectivity index (χ1n) is 6.68. The molecule has 1 aromatic carbocycles. The van der Waals surface area contributed by atoms with E-state index in [1.807, 2.05) is 18.2 Å². The number of hydrogen-bond donors (Lipinski definition) is 2. The van der Waals surface area contributed by atoms with Crippen LogP contribution in [0.15, 0.2) is 30.3 Å². The average molecular weight is 250 g/mol. The molecule has 2 unspecified atom stereocenters. The van der Waals surface area contributed by atoms with Gasteiger partial charge in [0.1, 0.15) is 0 Å². The molecule has 3 nitrogen and oxygen atoms in total. The molecular formula is C15H26N2O. The zero-order valence-corrected chi connectivity index (χ0v) is 11.9. The van der Waals surface area contributed by atoms with E-state index in [0.29, 0.717) is 12.1 Å². The Morgan fingerprint density at radius 2 is 1.67 bits per heavy atom. The third-order valence-electron chi connectivity index (χ3n) is 2.94. The molecule has 0 bridgehead atoms. The van der Waals surface area contributed by atoms with Crippen molar-refractivity contribution in [2.75, 3.05) is 20.2 Å². The molecule has 102 valence electrons. The van der Waals surface area contributed by atoms with Gasteiger partial charge in [-0.3, -0.25) is 0 Å². The summed E-state index contributed by atoms with van der Waals surface area (Å²) in [6.45, 7) is 8.32. The Morgan fingerprint density at radius 1 is 1.00 bits per heavy atom. The van der Waals surface area contributed by atoms with Crippen molar-refractivity contribution in [3.63, 3.8) is 0 Å². The highest BCUT2D eigenvalue weighted by Gasteiger charge is 2.11. The van der Waals surface area contributed by atoms with Crippen LogP contribution in [0.25, 0.3) is 0 Å². The summed E-state index contributed by atoms with van der Waals surface area (Å²) < 4.78 is 5.53. The van der Waals surface area contributed by atoms with Gasteiger partial charge >= 0.3 is 0 Å². The van der Waals surface area contributed by atoms with Crippen LogP contribution in [-0.4, -0.2) is 32.3 Å². The van der Waals surface area contributed by atoms with Crippen LogP contribution in [0, 0.1) is 0 Å². The van der Waals surface area contributed by atoms with Gasteiger partial charge in [0.2, 0.25) is 0 Å². The lowest BCUT2D eigenvalue weighted by molar-refractivity contribution is 0.0998. The number of methoxy groups -OCH3 is 1. The minimum absolute atomic E-state index is 0.118. The van der Waals surface area contributed by atoms with Crippen molar-refractivity contribution in [3.05, 3.63) is 35.9 Å². The Morgan fingerprint density at radius 3 is 2.22 bits per heavy atom. The molecular weight excluding hydrogens is 224 g/mol. The highest BCUT2D eigenvalue weighted by atomic mass is 16.5. The predicted molar refractivity (Wildman–Crippen MR) is 76.8 cm³/mol. The van der Waals surface area contributed by atoms with Gasteiger partial charge in [-0.2, -0.15) is 0 Å². The van der Waals surface area contributed by atoms with Crippen molar-refractivity contribution < 1.29 is 4.74 Å². The molecule has 1 aromatic rings. The first kappa shape index (κ1) is 15.2. The fraction of sp³-hybridized carbons (Fsp3) is 0.600. The van der Waals surface area contributed by atoms with Crippen molar-refractivity contribution in [1.82, 2.24) is 10.6 Å². The van der Waals surface area contributed by atoms with E-state index in [4.69, 9.17) is 4.74 Å². The van der Waals surface area contributed by atoms with Crippen LogP contribution in [-0.2, 0) is 4.74 Å². The summed E-state index contributed by atoms with van der Waals surface area (Å²) in [5.74, 6) is 0. The van der Waals surface area contributed by atoms with Gasteiger partial charge in [-0.1, -0.05) is 44.2 Å². The van der Waals surface area contributed by atoms with E-state index in [9.17, 15) is 0 Å². The molecule has 0 fully saturated rings. The van der Waals surface area contributed by atoms with Crippen molar-refractivity contribution in [1.29, 1.82) is 0 Å². The van der Waals surface area contributed by atoms with Crippen LogP contribution in [0.1, 0.15) is 32.4 Å². The lowest BCUT2D eigenvalue weighted by atomic mass is 10.1. The van der Waals surface area contributed by atoms with Crippen LogP contribution in [0.4, 0.5) is 0 Å². The van der Waals surface area contributed by atoms with E-state index >= 15 is 0 Å². The highest BCUT2D eigenvalue weighted by molar-refractivity contribution is 5.17. The SMILES string of the molecule is COC(CNC(C)CNC(C)C)c1ccccc1. The van der Waals surface area contributed by atoms with E-state index < -0.39 is 0 Å². The fourth-order valence-electron chi connectivity index (χ4n) is 1.80. The van der Waals surface area contributed by atoms with Crippen LogP contribution in [0.5, 0.6) is 0 Å². The van der Waals surface area contributed by atoms with Gasteiger partial charge in [0.05, 0.1) is 6.10 Å². The molecule has 0 amide bonds. The van der Waals surface area contributed by atoms with Gasteiger partial charge < -0.3 is 15.4 Å². The first-order chi connectivity index (χ1) is 8.63. The summed E-state index contributed by atoms with van der Waals surface area (Å²) in [7, 11) is 1.76. The van der Waals surface area contributed by atoms with Crippen molar-refractivity contribution in [3.8, 4) is 0 Å². The topological polar surface area (TPSA) is 33.3 Å². The van der Waals surface area contributed by atoms with Crippen LogP contribution >= 0.6 is 0 Å². The minimum atomic E-state index is 0.118. The van der Waals surface area contributed by atoms with Gasteiger partial charge in [-0.25, -0.2) is 0 Å². The molecule has 0 radical (unpaired) electrons. The standard InChI is InChI=1S/C15H26N2O/c1-12(2)16-10-13(3)17-11-15(18-4)14-8-6-5-7-9-14/h5-9,12-13,15-17H,10-11H2,1-4H3. The lowest BCUT2D eigenvalue weighted by Gasteiger charge is -2.21. The first-order valence-corrected chi connectivity index (χ1v) is 6.68.